The number of nitrogens with one attached hydrogen (secondary N) is 2. The van der Waals surface area contributed by atoms with Gasteiger partial charge in [-0.3, -0.25) is 10.1 Å². The third-order valence-electron chi connectivity index (χ3n) is 0.662. The number of hydrogen-bond donors (Lipinski definition) is 3. The Bertz CT molecular complexity index is 176. The summed E-state index contributed by atoms with van der Waals surface area (Å²) < 4.78 is 0. The van der Waals surface area contributed by atoms with E-state index in [1.165, 1.54) is 0 Å². The summed E-state index contributed by atoms with van der Waals surface area (Å²) >= 11 is 0. The predicted molar refractivity (Wildman–Crippen MR) is 29.6 cm³/mol. The zero-order chi connectivity index (χ0) is 8.85. The van der Waals surface area contributed by atoms with Gasteiger partial charge in [0.2, 0.25) is 12.1 Å². The molecule has 1 aliphatic rings. The van der Waals surface area contributed by atoms with Crippen molar-refractivity contribution in [3.8, 4) is 0 Å². The zero-order valence-corrected chi connectivity index (χ0v) is 8.29. The molecule has 0 atom stereocenters. The van der Waals surface area contributed by atoms with Gasteiger partial charge in [-0.25, -0.2) is 4.79 Å². The molecular weight excluding hydrogens is 179 g/mol. The predicted octanol–water partition coefficient (Wildman–Crippen LogP) is -5.28. The fourth-order valence-electron chi connectivity index (χ4n) is 0.376. The second kappa shape index (κ2) is 6.89. The molecule has 0 bridgehead atoms. The molecule has 0 unspecified atom stereocenters. The Labute approximate surface area is 89.4 Å². The molecule has 0 spiro atoms. The molecule has 0 aromatic carbocycles. The van der Waals surface area contributed by atoms with E-state index in [1.54, 1.807) is 0 Å². The van der Waals surface area contributed by atoms with Crippen LogP contribution in [0.25, 0.3) is 0 Å². The van der Waals surface area contributed by atoms with E-state index in [0.29, 0.717) is 0 Å². The van der Waals surface area contributed by atoms with E-state index in [-0.39, 0.29) is 42.0 Å². The minimum absolute atomic E-state index is 0. The van der Waals surface area contributed by atoms with Crippen LogP contribution in [-0.4, -0.2) is 29.7 Å². The first kappa shape index (κ1) is 13.8. The average molecular weight is 184 g/mol. The molecule has 3 amide bonds. The fraction of sp³-hybridized carbons (Fsp3) is 0.250. The van der Waals surface area contributed by atoms with E-state index in [2.05, 4.69) is 5.32 Å². The molecule has 0 aromatic rings. The maximum absolute atomic E-state index is 10.1. The Morgan fingerprint density at radius 3 is 2.00 bits per heavy atom. The molecule has 1 fully saturated rings. The summed E-state index contributed by atoms with van der Waals surface area (Å²) in [5, 5.41) is 19.6. The van der Waals surface area contributed by atoms with Crippen molar-refractivity contribution in [1.29, 1.82) is 0 Å². The van der Waals surface area contributed by atoms with Crippen LogP contribution >= 0.6 is 0 Å². The Balaban J connectivity index is 0. The number of carbonyl (C=O) groups excluding carboxylic acids is 2. The van der Waals surface area contributed by atoms with E-state index < -0.39 is 12.2 Å². The van der Waals surface area contributed by atoms with Gasteiger partial charge in [-0.2, -0.15) is 0 Å². The zero-order valence-electron chi connectivity index (χ0n) is 6.29. The van der Waals surface area contributed by atoms with Gasteiger partial charge in [0, 0.05) is 0 Å². The molecule has 1 heterocycles. The van der Waals surface area contributed by atoms with Gasteiger partial charge in [-0.15, -0.1) is 0 Å². The second-order valence-corrected chi connectivity index (χ2v) is 1.50. The van der Waals surface area contributed by atoms with Gasteiger partial charge in [-0.05, 0) is 0 Å². The van der Waals surface area contributed by atoms with Crippen molar-refractivity contribution < 1.29 is 54.2 Å². The minimum Gasteiger partial charge on any atom is -0.565 e. The number of carboxylic acid groups (broad SMARTS) is 2. The molecule has 0 saturated carbocycles. The van der Waals surface area contributed by atoms with E-state index in [4.69, 9.17) is 15.0 Å². The van der Waals surface area contributed by atoms with Crippen LogP contribution in [0, 0.1) is 0 Å². The third-order valence-corrected chi connectivity index (χ3v) is 0.662. The number of amides is 3. The number of carbonyl (C=O) groups is 3. The average Bonchev–Trinajstić information content (AvgIpc) is 2.13. The summed E-state index contributed by atoms with van der Waals surface area (Å²) in [6.07, 6.45) is -2.08. The van der Waals surface area contributed by atoms with Gasteiger partial charge in [-0.1, -0.05) is 0 Å². The van der Waals surface area contributed by atoms with Gasteiger partial charge >= 0.3 is 35.6 Å². The summed E-state index contributed by atoms with van der Waals surface area (Å²) in [5.74, 6) is -0.259. The maximum Gasteiger partial charge on any atom is 1.00 e. The summed E-state index contributed by atoms with van der Waals surface area (Å²) in [6, 6.07) is -0.398. The fourth-order valence-corrected chi connectivity index (χ4v) is 0.376. The SMILES string of the molecule is O=C([O-])O.O=C1CNC(=O)N1.[Na+]. The Morgan fingerprint density at radius 2 is 1.92 bits per heavy atom. The number of rotatable bonds is 0. The molecule has 3 N–H and O–H groups in total. The topological polar surface area (TPSA) is 119 Å². The Morgan fingerprint density at radius 1 is 1.50 bits per heavy atom. The number of imide groups is 1. The second-order valence-electron chi connectivity index (χ2n) is 1.50. The molecule has 1 rings (SSSR count). The first-order valence-electron chi connectivity index (χ1n) is 2.50. The molecule has 1 aliphatic heterocycles. The normalized spacial score (nSPS) is 13.0. The first-order valence-corrected chi connectivity index (χ1v) is 2.50. The van der Waals surface area contributed by atoms with Crippen LogP contribution in [0.4, 0.5) is 9.59 Å². The van der Waals surface area contributed by atoms with Crippen molar-refractivity contribution >= 4 is 18.1 Å². The Hall–Kier alpha value is -0.790. The van der Waals surface area contributed by atoms with Crippen molar-refractivity contribution in [2.45, 2.75) is 0 Å². The van der Waals surface area contributed by atoms with Gasteiger partial charge in [0.05, 0.1) is 6.54 Å². The molecule has 62 valence electrons. The monoisotopic (exact) mass is 184 g/mol. The van der Waals surface area contributed by atoms with E-state index >= 15 is 0 Å². The van der Waals surface area contributed by atoms with Crippen molar-refractivity contribution in [3.05, 3.63) is 0 Å². The molecule has 0 aliphatic carbocycles. The molecule has 1 saturated heterocycles. The quantitative estimate of drug-likeness (QED) is 0.256. The van der Waals surface area contributed by atoms with Crippen molar-refractivity contribution in [2.75, 3.05) is 6.54 Å². The number of urea groups is 1. The van der Waals surface area contributed by atoms with Crippen molar-refractivity contribution in [1.82, 2.24) is 10.6 Å². The molecule has 8 heteroatoms. The molecule has 12 heavy (non-hydrogen) atoms. The van der Waals surface area contributed by atoms with Crippen LogP contribution in [0.1, 0.15) is 0 Å². The van der Waals surface area contributed by atoms with Crippen LogP contribution in [0.3, 0.4) is 0 Å². The molecule has 0 radical (unpaired) electrons. The van der Waals surface area contributed by atoms with Crippen LogP contribution in [0.2, 0.25) is 0 Å². The smallest absolute Gasteiger partial charge is 0.565 e. The van der Waals surface area contributed by atoms with Crippen LogP contribution in [-0.2, 0) is 4.79 Å². The summed E-state index contributed by atoms with van der Waals surface area (Å²) in [5.41, 5.74) is 0. The van der Waals surface area contributed by atoms with Gasteiger partial charge in [0.25, 0.3) is 0 Å². The summed E-state index contributed by atoms with van der Waals surface area (Å²) in [7, 11) is 0. The van der Waals surface area contributed by atoms with Crippen molar-refractivity contribution in [2.24, 2.45) is 0 Å². The van der Waals surface area contributed by atoms with Crippen LogP contribution < -0.4 is 45.3 Å². The summed E-state index contributed by atoms with van der Waals surface area (Å²) in [6.45, 7) is 0.124. The maximum atomic E-state index is 10.1. The molecular formula is C4H5N2NaO5. The van der Waals surface area contributed by atoms with Gasteiger partial charge < -0.3 is 20.3 Å². The minimum atomic E-state index is -2.08. The molecule has 7 nitrogen and oxygen atoms in total. The largest absolute Gasteiger partial charge is 1.00 e. The van der Waals surface area contributed by atoms with Gasteiger partial charge in [0.15, 0.2) is 0 Å². The van der Waals surface area contributed by atoms with E-state index in [1.807, 2.05) is 5.32 Å². The van der Waals surface area contributed by atoms with Crippen molar-refractivity contribution in [3.63, 3.8) is 0 Å². The van der Waals surface area contributed by atoms with Crippen LogP contribution in [0.15, 0.2) is 0 Å². The van der Waals surface area contributed by atoms with E-state index in [9.17, 15) is 9.59 Å². The third kappa shape index (κ3) is 9.21. The van der Waals surface area contributed by atoms with E-state index in [0.717, 1.165) is 0 Å². The van der Waals surface area contributed by atoms with Crippen LogP contribution in [0.5, 0.6) is 0 Å². The Kier molecular flexibility index (Phi) is 7.91. The van der Waals surface area contributed by atoms with Gasteiger partial charge in [0.1, 0.15) is 0 Å². The molecule has 0 aromatic heterocycles. The summed E-state index contributed by atoms with van der Waals surface area (Å²) in [4.78, 5) is 28.5. The number of hydrogen-bond acceptors (Lipinski definition) is 4. The standard InChI is InChI=1S/C3H4N2O2.CH2O3.Na/c6-2-1-4-3(7)5-2;2-1(3)4;/h1H2,(H2,4,5,6,7);(H2,2,3,4);/q;;+1/p-1. The first-order chi connectivity index (χ1) is 5.02.